The van der Waals surface area contributed by atoms with Crippen molar-refractivity contribution in [1.82, 2.24) is 10.2 Å². The number of piperazine rings is 1. The number of aliphatic carboxylic acids is 1. The average Bonchev–Trinajstić information content (AvgIpc) is 3.08. The fourth-order valence-corrected chi connectivity index (χ4v) is 3.84. The second kappa shape index (κ2) is 11.0. The zero-order valence-corrected chi connectivity index (χ0v) is 19.3. The molecule has 2 N–H and O–H groups in total. The Kier molecular flexibility index (Phi) is 8.05. The number of nitrogens with one attached hydrogen (secondary N) is 1. The number of cyclic esters (lactones) is 1. The summed E-state index contributed by atoms with van der Waals surface area (Å²) in [7, 11) is 0. The van der Waals surface area contributed by atoms with Crippen LogP contribution in [0.25, 0.3) is 5.57 Å². The van der Waals surface area contributed by atoms with E-state index in [1.807, 2.05) is 0 Å². The zero-order chi connectivity index (χ0) is 25.7. The number of carbonyl (C=O) groups is 5. The van der Waals surface area contributed by atoms with Crippen LogP contribution in [0, 0.1) is 5.82 Å². The lowest BCUT2D eigenvalue weighted by atomic mass is 10.0. The number of esters is 2. The van der Waals surface area contributed by atoms with E-state index < -0.39 is 42.5 Å². The van der Waals surface area contributed by atoms with Crippen LogP contribution in [0.1, 0.15) is 32.3 Å². The molecule has 2 aliphatic heterocycles. The van der Waals surface area contributed by atoms with Gasteiger partial charge in [0, 0.05) is 38.7 Å². The molecular formula is C23H26FN3O8. The third kappa shape index (κ3) is 6.34. The molecule has 1 aromatic rings. The highest BCUT2D eigenvalue weighted by Gasteiger charge is 2.33. The quantitative estimate of drug-likeness (QED) is 0.502. The van der Waals surface area contributed by atoms with E-state index in [1.165, 1.54) is 17.9 Å². The second-order valence-electron chi connectivity index (χ2n) is 8.13. The highest BCUT2D eigenvalue weighted by molar-refractivity contribution is 6.19. The Balaban J connectivity index is 1.58. The van der Waals surface area contributed by atoms with Crippen LogP contribution >= 0.6 is 0 Å². The largest absolute Gasteiger partial charge is 0.481 e. The molecule has 11 nitrogen and oxygen atoms in total. The third-order valence-corrected chi connectivity index (χ3v) is 5.66. The van der Waals surface area contributed by atoms with Gasteiger partial charge in [-0.15, -0.1) is 0 Å². The van der Waals surface area contributed by atoms with Crippen LogP contribution in [0.2, 0.25) is 0 Å². The molecule has 0 aliphatic carbocycles. The van der Waals surface area contributed by atoms with Gasteiger partial charge in [0.15, 0.2) is 12.8 Å². The maximum absolute atomic E-state index is 15.0. The summed E-state index contributed by atoms with van der Waals surface area (Å²) in [5.74, 6) is -3.87. The Morgan fingerprint density at radius 2 is 1.86 bits per heavy atom. The lowest BCUT2D eigenvalue weighted by molar-refractivity contribution is -0.153. The average molecular weight is 491 g/mol. The number of anilines is 1. The minimum absolute atomic E-state index is 0.197. The number of benzene rings is 1. The summed E-state index contributed by atoms with van der Waals surface area (Å²) in [6, 6.07) is 4.38. The number of carboxylic acids is 1. The monoisotopic (exact) mass is 491 g/mol. The molecule has 35 heavy (non-hydrogen) atoms. The molecule has 0 aromatic heterocycles. The molecule has 0 saturated carbocycles. The molecule has 1 fully saturated rings. The summed E-state index contributed by atoms with van der Waals surface area (Å²) >= 11 is 0. The van der Waals surface area contributed by atoms with Crippen LogP contribution in [0.5, 0.6) is 0 Å². The Labute approximate surface area is 200 Å². The molecule has 0 radical (unpaired) electrons. The van der Waals surface area contributed by atoms with E-state index >= 15 is 0 Å². The molecule has 2 aliphatic rings. The highest BCUT2D eigenvalue weighted by atomic mass is 19.1. The van der Waals surface area contributed by atoms with Crippen molar-refractivity contribution >= 4 is 41.0 Å². The van der Waals surface area contributed by atoms with Gasteiger partial charge in [-0.1, -0.05) is 6.07 Å². The van der Waals surface area contributed by atoms with Gasteiger partial charge in [0.05, 0.1) is 24.1 Å². The molecule has 2 heterocycles. The smallest absolute Gasteiger partial charge is 0.341 e. The first kappa shape index (κ1) is 25.7. The summed E-state index contributed by atoms with van der Waals surface area (Å²) in [5.41, 5.74) is 1.32. The minimum Gasteiger partial charge on any atom is -0.481 e. The minimum atomic E-state index is -1.13. The van der Waals surface area contributed by atoms with Gasteiger partial charge in [-0.05, 0) is 24.6 Å². The Morgan fingerprint density at radius 3 is 2.46 bits per heavy atom. The van der Waals surface area contributed by atoms with Crippen molar-refractivity contribution in [2.45, 2.75) is 32.9 Å². The Hall–Kier alpha value is -3.96. The molecule has 0 bridgehead atoms. The molecule has 3 rings (SSSR count). The van der Waals surface area contributed by atoms with Crippen molar-refractivity contribution in [2.75, 3.05) is 37.7 Å². The predicted molar refractivity (Wildman–Crippen MR) is 119 cm³/mol. The fraction of sp³-hybridized carbons (Fsp3) is 0.435. The van der Waals surface area contributed by atoms with Crippen molar-refractivity contribution in [1.29, 1.82) is 0 Å². The van der Waals surface area contributed by atoms with E-state index in [-0.39, 0.29) is 37.4 Å². The zero-order valence-electron chi connectivity index (χ0n) is 19.3. The Morgan fingerprint density at radius 1 is 1.17 bits per heavy atom. The topological polar surface area (TPSA) is 143 Å². The first-order valence-electron chi connectivity index (χ1n) is 11.0. The van der Waals surface area contributed by atoms with Crippen molar-refractivity contribution in [2.24, 2.45) is 0 Å². The first-order chi connectivity index (χ1) is 16.6. The van der Waals surface area contributed by atoms with Gasteiger partial charge in [-0.3, -0.25) is 19.2 Å². The van der Waals surface area contributed by atoms with E-state index in [2.05, 4.69) is 5.32 Å². The van der Waals surface area contributed by atoms with Crippen LogP contribution in [0.3, 0.4) is 0 Å². The lowest BCUT2D eigenvalue weighted by Crippen LogP contribution is -2.50. The van der Waals surface area contributed by atoms with E-state index in [1.54, 1.807) is 24.0 Å². The second-order valence-corrected chi connectivity index (χ2v) is 8.13. The van der Waals surface area contributed by atoms with Gasteiger partial charge in [0.25, 0.3) is 5.91 Å². The molecule has 188 valence electrons. The number of carbonyl (C=O) groups excluding carboxylic acids is 4. The van der Waals surface area contributed by atoms with Gasteiger partial charge < -0.3 is 29.7 Å². The van der Waals surface area contributed by atoms with Crippen molar-refractivity contribution < 1.29 is 42.9 Å². The van der Waals surface area contributed by atoms with Gasteiger partial charge >= 0.3 is 17.9 Å². The van der Waals surface area contributed by atoms with Gasteiger partial charge in [-0.25, -0.2) is 9.18 Å². The molecule has 1 atom stereocenters. The van der Waals surface area contributed by atoms with Crippen LogP contribution in [0.4, 0.5) is 10.1 Å². The SMILES string of the molecule is CC(=O)N[C@@H]1OC(=O)C(c2ccc(N3CCN(C(=O)COC(=O)CCC(=O)O)CC3)c(F)c2)=C1C. The maximum Gasteiger partial charge on any atom is 0.341 e. The molecule has 12 heteroatoms. The number of rotatable bonds is 8. The van der Waals surface area contributed by atoms with E-state index in [4.69, 9.17) is 14.6 Å². The normalized spacial score (nSPS) is 17.8. The van der Waals surface area contributed by atoms with E-state index in [0.717, 1.165) is 0 Å². The van der Waals surface area contributed by atoms with Crippen molar-refractivity contribution in [3.05, 3.63) is 35.2 Å². The molecule has 0 spiro atoms. The standard InChI is InChI=1S/C23H26FN3O8/c1-13-21(23(33)35-22(13)25-14(2)28)15-3-4-17(16(24)11-15)26-7-9-27(10-8-26)18(29)12-34-20(32)6-5-19(30)31/h3-4,11,22H,5-10,12H2,1-2H3,(H,25,28)(H,30,31)/t22-/m1/s1. The van der Waals surface area contributed by atoms with Crippen LogP contribution in [-0.4, -0.2) is 78.7 Å². The Bertz CT molecular complexity index is 1080. The number of amides is 2. The van der Waals surface area contributed by atoms with Crippen LogP contribution < -0.4 is 10.2 Å². The number of carboxylic acid groups (broad SMARTS) is 1. The summed E-state index contributed by atoms with van der Waals surface area (Å²) in [6.45, 7) is 3.68. The first-order valence-corrected chi connectivity index (χ1v) is 11.0. The summed E-state index contributed by atoms with van der Waals surface area (Å²) in [5, 5.41) is 11.1. The fourth-order valence-electron chi connectivity index (χ4n) is 3.84. The van der Waals surface area contributed by atoms with Gasteiger partial charge in [0.1, 0.15) is 5.82 Å². The highest BCUT2D eigenvalue weighted by Crippen LogP contribution is 2.32. The molecule has 1 saturated heterocycles. The number of nitrogens with zero attached hydrogens (tertiary/aromatic N) is 2. The van der Waals surface area contributed by atoms with Crippen LogP contribution in [-0.2, 0) is 33.4 Å². The molecule has 2 amide bonds. The predicted octanol–water partition coefficient (Wildman–Crippen LogP) is 0.675. The van der Waals surface area contributed by atoms with E-state index in [9.17, 15) is 28.4 Å². The molecular weight excluding hydrogens is 465 g/mol. The molecule has 0 unspecified atom stereocenters. The van der Waals surface area contributed by atoms with Gasteiger partial charge in [-0.2, -0.15) is 0 Å². The van der Waals surface area contributed by atoms with Crippen molar-refractivity contribution in [3.63, 3.8) is 0 Å². The summed E-state index contributed by atoms with van der Waals surface area (Å²) < 4.78 is 24.9. The van der Waals surface area contributed by atoms with Crippen LogP contribution in [0.15, 0.2) is 23.8 Å². The maximum atomic E-state index is 15.0. The molecule has 1 aromatic carbocycles. The van der Waals surface area contributed by atoms with Gasteiger partial charge in [0.2, 0.25) is 5.91 Å². The number of ether oxygens (including phenoxy) is 2. The number of hydrogen-bond donors (Lipinski definition) is 2. The summed E-state index contributed by atoms with van der Waals surface area (Å²) in [4.78, 5) is 61.0. The van der Waals surface area contributed by atoms with E-state index in [0.29, 0.717) is 29.9 Å². The third-order valence-electron chi connectivity index (χ3n) is 5.66. The lowest BCUT2D eigenvalue weighted by Gasteiger charge is -2.36. The number of halogens is 1. The number of hydrogen-bond acceptors (Lipinski definition) is 8. The van der Waals surface area contributed by atoms with Crippen molar-refractivity contribution in [3.8, 4) is 0 Å². The summed E-state index contributed by atoms with van der Waals surface area (Å²) in [6.07, 6.45) is -1.57.